The highest BCUT2D eigenvalue weighted by atomic mass is 32.1. The number of thiophene rings is 1. The Morgan fingerprint density at radius 3 is 2.80 bits per heavy atom. The van der Waals surface area contributed by atoms with Gasteiger partial charge >= 0.3 is 0 Å². The fourth-order valence-corrected chi connectivity index (χ4v) is 3.34. The van der Waals surface area contributed by atoms with E-state index < -0.39 is 0 Å². The van der Waals surface area contributed by atoms with E-state index in [0.717, 1.165) is 25.8 Å². The summed E-state index contributed by atoms with van der Waals surface area (Å²) in [7, 11) is 0. The van der Waals surface area contributed by atoms with E-state index in [1.807, 2.05) is 11.3 Å². The molecule has 0 aromatic carbocycles. The maximum atomic E-state index is 5.82. The highest BCUT2D eigenvalue weighted by Crippen LogP contribution is 2.24. The summed E-state index contributed by atoms with van der Waals surface area (Å²) < 4.78 is 5.82. The summed E-state index contributed by atoms with van der Waals surface area (Å²) in [5.41, 5.74) is 1.39. The first-order valence-electron chi connectivity index (χ1n) is 8.19. The second-order valence-electron chi connectivity index (χ2n) is 5.92. The minimum absolute atomic E-state index is 0.791. The van der Waals surface area contributed by atoms with Crippen molar-refractivity contribution in [1.29, 1.82) is 0 Å². The predicted molar refractivity (Wildman–Crippen MR) is 87.3 cm³/mol. The molecule has 1 aliphatic rings. The summed E-state index contributed by atoms with van der Waals surface area (Å²) in [6, 6.07) is 3.12. The Kier molecular flexibility index (Phi) is 7.05. The normalized spacial score (nSPS) is 14.9. The van der Waals surface area contributed by atoms with Gasteiger partial charge in [0.05, 0.1) is 6.61 Å². The van der Waals surface area contributed by atoms with Gasteiger partial charge in [0.25, 0.3) is 0 Å². The lowest BCUT2D eigenvalue weighted by Crippen LogP contribution is -2.14. The molecule has 0 saturated heterocycles. The summed E-state index contributed by atoms with van der Waals surface area (Å²) >= 11 is 1.92. The van der Waals surface area contributed by atoms with Crippen LogP contribution in [0.3, 0.4) is 0 Å². The van der Waals surface area contributed by atoms with Crippen molar-refractivity contribution in [2.45, 2.75) is 78.0 Å². The van der Waals surface area contributed by atoms with Crippen LogP contribution in [0.15, 0.2) is 6.07 Å². The van der Waals surface area contributed by atoms with E-state index in [1.165, 1.54) is 60.3 Å². The summed E-state index contributed by atoms with van der Waals surface area (Å²) in [4.78, 5) is 2.87. The summed E-state index contributed by atoms with van der Waals surface area (Å²) in [5.74, 6) is 0. The predicted octanol–water partition coefficient (Wildman–Crippen LogP) is 4.80. The first-order chi connectivity index (χ1) is 9.79. The minimum Gasteiger partial charge on any atom is -0.377 e. The van der Waals surface area contributed by atoms with Gasteiger partial charge in [0.2, 0.25) is 0 Å². The van der Waals surface area contributed by atoms with Crippen molar-refractivity contribution in [2.75, 3.05) is 6.61 Å². The highest BCUT2D eigenvalue weighted by molar-refractivity contribution is 7.12. The largest absolute Gasteiger partial charge is 0.377 e. The van der Waals surface area contributed by atoms with Crippen molar-refractivity contribution < 1.29 is 4.74 Å². The van der Waals surface area contributed by atoms with Gasteiger partial charge in [-0.25, -0.2) is 0 Å². The molecule has 1 N–H and O–H groups in total. The monoisotopic (exact) mass is 295 g/mol. The van der Waals surface area contributed by atoms with Gasteiger partial charge in [-0.1, -0.05) is 32.6 Å². The molecule has 0 bridgehead atoms. The summed E-state index contributed by atoms with van der Waals surface area (Å²) in [5, 5.41) is 3.58. The van der Waals surface area contributed by atoms with Gasteiger partial charge in [0.15, 0.2) is 0 Å². The van der Waals surface area contributed by atoms with Crippen molar-refractivity contribution in [1.82, 2.24) is 5.32 Å². The Morgan fingerprint density at radius 2 is 2.05 bits per heavy atom. The topological polar surface area (TPSA) is 21.3 Å². The average Bonchev–Trinajstić information content (AvgIpc) is 3.20. The van der Waals surface area contributed by atoms with Crippen molar-refractivity contribution in [3.05, 3.63) is 21.4 Å². The van der Waals surface area contributed by atoms with Crippen LogP contribution in [0.1, 0.15) is 67.2 Å². The summed E-state index contributed by atoms with van der Waals surface area (Å²) in [6.45, 7) is 7.21. The zero-order chi connectivity index (χ0) is 14.2. The van der Waals surface area contributed by atoms with Crippen LogP contribution in [0.4, 0.5) is 0 Å². The van der Waals surface area contributed by atoms with E-state index in [4.69, 9.17) is 4.74 Å². The molecular weight excluding hydrogens is 266 g/mol. The standard InChI is InChI=1S/C17H29NOS/c1-3-4-5-6-7-10-19-13-15-11-17(20-14(15)2)12-18-16-8-9-16/h11,16,18H,3-10,12-13H2,1-2H3. The number of rotatable bonds is 11. The van der Waals surface area contributed by atoms with E-state index in [1.54, 1.807) is 0 Å². The molecule has 114 valence electrons. The Balaban J connectivity index is 1.59. The fraction of sp³-hybridized carbons (Fsp3) is 0.765. The van der Waals surface area contributed by atoms with Crippen LogP contribution < -0.4 is 5.32 Å². The molecule has 0 amide bonds. The molecule has 1 aromatic rings. The third-order valence-corrected chi connectivity index (χ3v) is 4.96. The van der Waals surface area contributed by atoms with Gasteiger partial charge in [-0.05, 0) is 37.8 Å². The smallest absolute Gasteiger partial charge is 0.0727 e. The van der Waals surface area contributed by atoms with Crippen molar-refractivity contribution >= 4 is 11.3 Å². The molecule has 1 aliphatic carbocycles. The number of ether oxygens (including phenoxy) is 1. The zero-order valence-electron chi connectivity index (χ0n) is 13.0. The van der Waals surface area contributed by atoms with Gasteiger partial charge in [-0.15, -0.1) is 11.3 Å². The van der Waals surface area contributed by atoms with Crippen LogP contribution in [-0.2, 0) is 17.9 Å². The molecule has 1 fully saturated rings. The lowest BCUT2D eigenvalue weighted by Gasteiger charge is -2.03. The molecule has 0 aliphatic heterocycles. The van der Waals surface area contributed by atoms with E-state index in [2.05, 4.69) is 25.2 Å². The fourth-order valence-electron chi connectivity index (χ4n) is 2.34. The molecule has 1 heterocycles. The van der Waals surface area contributed by atoms with Crippen LogP contribution in [-0.4, -0.2) is 12.6 Å². The third kappa shape index (κ3) is 5.94. The Morgan fingerprint density at radius 1 is 1.25 bits per heavy atom. The molecule has 2 rings (SSSR count). The number of aryl methyl sites for hydroxylation is 1. The van der Waals surface area contributed by atoms with Crippen LogP contribution in [0.25, 0.3) is 0 Å². The molecule has 0 unspecified atom stereocenters. The van der Waals surface area contributed by atoms with E-state index in [9.17, 15) is 0 Å². The third-order valence-electron chi connectivity index (χ3n) is 3.86. The van der Waals surface area contributed by atoms with E-state index >= 15 is 0 Å². The van der Waals surface area contributed by atoms with Gasteiger partial charge in [-0.2, -0.15) is 0 Å². The van der Waals surface area contributed by atoms with Crippen LogP contribution >= 0.6 is 11.3 Å². The molecule has 3 heteroatoms. The van der Waals surface area contributed by atoms with Crippen molar-refractivity contribution in [3.8, 4) is 0 Å². The molecule has 1 saturated carbocycles. The molecular formula is C17H29NOS. The zero-order valence-corrected chi connectivity index (χ0v) is 13.9. The molecule has 0 atom stereocenters. The first kappa shape index (κ1) is 16.0. The van der Waals surface area contributed by atoms with Crippen LogP contribution in [0.5, 0.6) is 0 Å². The highest BCUT2D eigenvalue weighted by Gasteiger charge is 2.20. The number of hydrogen-bond acceptors (Lipinski definition) is 3. The van der Waals surface area contributed by atoms with E-state index in [0.29, 0.717) is 0 Å². The Hall–Kier alpha value is -0.380. The average molecular weight is 295 g/mol. The Labute approximate surface area is 127 Å². The molecule has 0 radical (unpaired) electrons. The number of hydrogen-bond donors (Lipinski definition) is 1. The van der Waals surface area contributed by atoms with Gasteiger partial charge in [0, 0.05) is 28.9 Å². The van der Waals surface area contributed by atoms with Gasteiger partial charge in [-0.3, -0.25) is 0 Å². The first-order valence-corrected chi connectivity index (χ1v) is 9.00. The second kappa shape index (κ2) is 8.81. The molecule has 1 aromatic heterocycles. The number of unbranched alkanes of at least 4 members (excludes halogenated alkanes) is 4. The Bertz CT molecular complexity index is 384. The maximum Gasteiger partial charge on any atom is 0.0727 e. The quantitative estimate of drug-likeness (QED) is 0.592. The van der Waals surface area contributed by atoms with Crippen molar-refractivity contribution in [3.63, 3.8) is 0 Å². The summed E-state index contributed by atoms with van der Waals surface area (Å²) in [6.07, 6.45) is 9.27. The van der Waals surface area contributed by atoms with Gasteiger partial charge in [0.1, 0.15) is 0 Å². The van der Waals surface area contributed by atoms with E-state index in [-0.39, 0.29) is 0 Å². The lowest BCUT2D eigenvalue weighted by atomic mass is 10.2. The van der Waals surface area contributed by atoms with Crippen LogP contribution in [0, 0.1) is 6.92 Å². The lowest BCUT2D eigenvalue weighted by molar-refractivity contribution is 0.116. The minimum atomic E-state index is 0.791. The van der Waals surface area contributed by atoms with Crippen LogP contribution in [0.2, 0.25) is 0 Å². The second-order valence-corrected chi connectivity index (χ2v) is 7.26. The molecule has 20 heavy (non-hydrogen) atoms. The SMILES string of the molecule is CCCCCCCOCc1cc(CNC2CC2)sc1C. The maximum absolute atomic E-state index is 5.82. The molecule has 0 spiro atoms. The molecule has 2 nitrogen and oxygen atoms in total. The van der Waals surface area contributed by atoms with Crippen molar-refractivity contribution in [2.24, 2.45) is 0 Å². The number of nitrogens with one attached hydrogen (secondary N) is 1. The van der Waals surface area contributed by atoms with Gasteiger partial charge < -0.3 is 10.1 Å².